The van der Waals surface area contributed by atoms with Gasteiger partial charge < -0.3 is 20.3 Å². The number of nitrogens with zero attached hydrogens (tertiary/aromatic N) is 1. The second-order valence-corrected chi connectivity index (χ2v) is 14.3. The van der Waals surface area contributed by atoms with E-state index in [9.17, 15) is 32.0 Å². The van der Waals surface area contributed by atoms with E-state index in [0.29, 0.717) is 25.7 Å². The summed E-state index contributed by atoms with van der Waals surface area (Å²) in [7, 11) is -4.67. The molecule has 2 aliphatic heterocycles. The lowest BCUT2D eigenvalue weighted by molar-refractivity contribution is -0.146. The molecule has 3 aliphatic rings. The molecular weight excluding hydrogens is 603 g/mol. The number of benzene rings is 1. The van der Waals surface area contributed by atoms with Gasteiger partial charge in [-0.25, -0.2) is 22.3 Å². The van der Waals surface area contributed by atoms with Gasteiger partial charge in [0.25, 0.3) is 21.8 Å². The highest BCUT2D eigenvalue weighted by molar-refractivity contribution is 7.90. The second kappa shape index (κ2) is 12.8. The molecule has 0 spiro atoms. The van der Waals surface area contributed by atoms with Gasteiger partial charge in [0.05, 0.1) is 5.02 Å². The van der Waals surface area contributed by atoms with E-state index in [1.807, 2.05) is 10.8 Å². The van der Waals surface area contributed by atoms with Crippen LogP contribution >= 0.6 is 11.6 Å². The topological polar surface area (TPSA) is 151 Å². The zero-order valence-electron chi connectivity index (χ0n) is 24.5. The minimum absolute atomic E-state index is 0.119. The third kappa shape index (κ3) is 7.67. The SMILES string of the molecule is CC(C)(C)NC(=O)O[C@H]1CCCCCC=C[C@@H]2C[C@@]2(C(=O)NS(=O)(=O)c2cccc(Cl)c2F)NC(=O)[C@@H]2CCCN2C1=O. The number of hydrogen-bond donors (Lipinski definition) is 3. The number of allylic oxidation sites excluding steroid dienone is 1. The molecule has 0 aromatic heterocycles. The number of rotatable bonds is 4. The molecule has 43 heavy (non-hydrogen) atoms. The predicted octanol–water partition coefficient (Wildman–Crippen LogP) is 3.56. The van der Waals surface area contributed by atoms with Crippen LogP contribution in [0.1, 0.15) is 72.1 Å². The number of nitrogens with one attached hydrogen (secondary N) is 3. The molecule has 0 radical (unpaired) electrons. The normalized spacial score (nSPS) is 26.7. The van der Waals surface area contributed by atoms with Gasteiger partial charge >= 0.3 is 6.09 Å². The van der Waals surface area contributed by atoms with Crippen LogP contribution in [0.3, 0.4) is 0 Å². The highest BCUT2D eigenvalue weighted by Crippen LogP contribution is 2.46. The Kier molecular flexibility index (Phi) is 9.75. The second-order valence-electron chi connectivity index (χ2n) is 12.3. The molecular formula is C29H38ClFN4O7S. The van der Waals surface area contributed by atoms with Crippen molar-refractivity contribution in [2.45, 2.75) is 100 Å². The molecule has 4 amide bonds. The van der Waals surface area contributed by atoms with Crippen LogP contribution in [0.2, 0.25) is 5.02 Å². The van der Waals surface area contributed by atoms with E-state index in [1.54, 1.807) is 26.8 Å². The molecule has 0 unspecified atom stereocenters. The van der Waals surface area contributed by atoms with Crippen LogP contribution in [0.4, 0.5) is 9.18 Å². The number of hydrogen-bond acceptors (Lipinski definition) is 7. The quantitative estimate of drug-likeness (QED) is 0.426. The highest BCUT2D eigenvalue weighted by atomic mass is 35.5. The van der Waals surface area contributed by atoms with E-state index in [2.05, 4.69) is 10.6 Å². The lowest BCUT2D eigenvalue weighted by Crippen LogP contribution is -2.57. The number of alkyl carbamates (subject to hydrolysis) is 1. The first-order chi connectivity index (χ1) is 20.1. The Morgan fingerprint density at radius 3 is 2.60 bits per heavy atom. The fourth-order valence-electron chi connectivity index (χ4n) is 5.46. The molecule has 11 nitrogen and oxygen atoms in total. The molecule has 4 atom stereocenters. The molecule has 2 heterocycles. The maximum Gasteiger partial charge on any atom is 0.408 e. The molecule has 1 saturated carbocycles. The first kappa shape index (κ1) is 32.7. The molecule has 3 N–H and O–H groups in total. The number of sulfonamides is 1. The van der Waals surface area contributed by atoms with Crippen LogP contribution in [0.25, 0.3) is 0 Å². The molecule has 1 saturated heterocycles. The van der Waals surface area contributed by atoms with Crippen molar-refractivity contribution in [3.63, 3.8) is 0 Å². The molecule has 1 aromatic rings. The van der Waals surface area contributed by atoms with Crippen molar-refractivity contribution >= 4 is 45.4 Å². The van der Waals surface area contributed by atoms with Crippen molar-refractivity contribution < 1.29 is 36.7 Å². The van der Waals surface area contributed by atoms with Crippen molar-refractivity contribution in [3.05, 3.63) is 41.2 Å². The number of amides is 4. The first-order valence-electron chi connectivity index (χ1n) is 14.4. The lowest BCUT2D eigenvalue weighted by atomic mass is 10.1. The summed E-state index contributed by atoms with van der Waals surface area (Å²) in [5.41, 5.74) is -2.19. The van der Waals surface area contributed by atoms with Gasteiger partial charge in [0.2, 0.25) is 5.91 Å². The summed E-state index contributed by atoms with van der Waals surface area (Å²) in [6.45, 7) is 5.61. The van der Waals surface area contributed by atoms with Gasteiger partial charge in [-0.1, -0.05) is 36.2 Å². The van der Waals surface area contributed by atoms with Gasteiger partial charge in [0.1, 0.15) is 16.5 Å². The molecule has 0 bridgehead atoms. The van der Waals surface area contributed by atoms with Crippen molar-refractivity contribution in [2.75, 3.05) is 6.54 Å². The summed E-state index contributed by atoms with van der Waals surface area (Å²) in [4.78, 5) is 53.9. The number of carbonyl (C=O) groups is 4. The van der Waals surface area contributed by atoms with E-state index in [4.69, 9.17) is 16.3 Å². The molecule has 4 rings (SSSR count). The maximum atomic E-state index is 14.5. The van der Waals surface area contributed by atoms with Gasteiger partial charge in [-0.15, -0.1) is 0 Å². The van der Waals surface area contributed by atoms with Gasteiger partial charge in [0.15, 0.2) is 11.9 Å². The smallest absolute Gasteiger partial charge is 0.408 e. The largest absolute Gasteiger partial charge is 0.436 e. The van der Waals surface area contributed by atoms with E-state index in [0.717, 1.165) is 18.9 Å². The van der Waals surface area contributed by atoms with Crippen LogP contribution in [0, 0.1) is 11.7 Å². The Bertz CT molecular complexity index is 1410. The summed E-state index contributed by atoms with van der Waals surface area (Å²) in [6.07, 6.45) is 5.81. The maximum absolute atomic E-state index is 14.5. The standard InChI is InChI=1S/C29H38ClFN4O7S/c1-28(2,3)33-27(39)42-21-14-8-6-4-5-7-11-18-17-29(18,32-24(36)20-13-10-16-35(20)25(21)37)26(38)34-43(40,41)22-15-9-12-19(30)23(22)31/h7,9,11-12,15,18,20-21H,4-6,8,10,13-14,16-17H2,1-3H3,(H,32,36)(H,33,39)(H,34,38)/t18-,20+,21+,29-/m1/s1. The summed E-state index contributed by atoms with van der Waals surface area (Å²) < 4.78 is 47.9. The molecule has 1 aliphatic carbocycles. The third-order valence-electron chi connectivity index (χ3n) is 7.74. The van der Waals surface area contributed by atoms with Gasteiger partial charge in [-0.2, -0.15) is 0 Å². The fraction of sp³-hybridized carbons (Fsp3) is 0.586. The van der Waals surface area contributed by atoms with E-state index >= 15 is 0 Å². The summed E-state index contributed by atoms with van der Waals surface area (Å²) >= 11 is 5.75. The van der Waals surface area contributed by atoms with Gasteiger partial charge in [-0.3, -0.25) is 14.4 Å². The molecule has 236 valence electrons. The van der Waals surface area contributed by atoms with Crippen molar-refractivity contribution in [1.29, 1.82) is 0 Å². The lowest BCUT2D eigenvalue weighted by Gasteiger charge is -2.30. The molecule has 2 fully saturated rings. The van der Waals surface area contributed by atoms with Crippen LogP contribution in [0.15, 0.2) is 35.2 Å². The van der Waals surface area contributed by atoms with E-state index in [1.165, 1.54) is 17.0 Å². The van der Waals surface area contributed by atoms with Crippen LogP contribution in [-0.2, 0) is 29.1 Å². The fourth-order valence-corrected chi connectivity index (χ4v) is 6.83. The van der Waals surface area contributed by atoms with Crippen LogP contribution in [0.5, 0.6) is 0 Å². The zero-order valence-corrected chi connectivity index (χ0v) is 26.0. The number of halogens is 2. The van der Waals surface area contributed by atoms with Crippen molar-refractivity contribution in [1.82, 2.24) is 20.3 Å². The Labute approximate surface area is 256 Å². The van der Waals surface area contributed by atoms with E-state index in [-0.39, 0.29) is 19.4 Å². The van der Waals surface area contributed by atoms with Gasteiger partial charge in [-0.05, 0) is 77.8 Å². The first-order valence-corrected chi connectivity index (χ1v) is 16.3. The third-order valence-corrected chi connectivity index (χ3v) is 9.39. The van der Waals surface area contributed by atoms with Crippen molar-refractivity contribution in [2.24, 2.45) is 5.92 Å². The Morgan fingerprint density at radius 1 is 1.14 bits per heavy atom. The summed E-state index contributed by atoms with van der Waals surface area (Å²) in [6, 6.07) is 2.45. The molecule has 1 aromatic carbocycles. The highest BCUT2D eigenvalue weighted by Gasteiger charge is 2.61. The Balaban J connectivity index is 1.58. The zero-order chi connectivity index (χ0) is 31.6. The summed E-state index contributed by atoms with van der Waals surface area (Å²) in [5, 5.41) is 4.98. The Hall–Kier alpha value is -3.19. The van der Waals surface area contributed by atoms with Crippen molar-refractivity contribution in [3.8, 4) is 0 Å². The summed E-state index contributed by atoms with van der Waals surface area (Å²) in [5.74, 6) is -3.86. The van der Waals surface area contributed by atoms with Crippen LogP contribution < -0.4 is 15.4 Å². The molecule has 14 heteroatoms. The Morgan fingerprint density at radius 2 is 1.88 bits per heavy atom. The minimum atomic E-state index is -4.67. The number of fused-ring (bicyclic) bond motifs is 2. The number of ether oxygens (including phenoxy) is 1. The van der Waals surface area contributed by atoms with E-state index < -0.39 is 78.7 Å². The van der Waals surface area contributed by atoms with Crippen LogP contribution in [-0.4, -0.2) is 66.9 Å². The minimum Gasteiger partial charge on any atom is -0.436 e. The predicted molar refractivity (Wildman–Crippen MR) is 156 cm³/mol. The monoisotopic (exact) mass is 640 g/mol. The van der Waals surface area contributed by atoms with Gasteiger partial charge in [0, 0.05) is 18.0 Å². The average Bonchev–Trinajstić information content (AvgIpc) is 3.36. The number of carbonyl (C=O) groups excluding carboxylic acids is 4. The average molecular weight is 641 g/mol.